The van der Waals surface area contributed by atoms with Crippen molar-refractivity contribution >= 4 is 17.9 Å². The maximum atomic E-state index is 12.9. The first kappa shape index (κ1) is 69.9. The number of allylic oxidation sites excluding steroid dienone is 4. The Morgan fingerprint density at radius 3 is 0.819 bits per heavy atom. The van der Waals surface area contributed by atoms with E-state index in [9.17, 15) is 14.4 Å². The Hall–Kier alpha value is -2.11. The van der Waals surface area contributed by atoms with Crippen LogP contribution in [0.3, 0.4) is 0 Å². The highest BCUT2D eigenvalue weighted by Gasteiger charge is 2.19. The minimum Gasteiger partial charge on any atom is -0.462 e. The number of ether oxygens (including phenoxy) is 3. The van der Waals surface area contributed by atoms with Gasteiger partial charge in [-0.15, -0.1) is 0 Å². The van der Waals surface area contributed by atoms with Crippen molar-refractivity contribution in [1.82, 2.24) is 0 Å². The van der Waals surface area contributed by atoms with Crippen LogP contribution >= 0.6 is 0 Å². The van der Waals surface area contributed by atoms with Gasteiger partial charge >= 0.3 is 17.9 Å². The van der Waals surface area contributed by atoms with Gasteiger partial charge in [-0.3, -0.25) is 14.4 Å². The smallest absolute Gasteiger partial charge is 0.306 e. The number of unbranched alkanes of at least 4 members (excludes halogenated alkanes) is 45. The van der Waals surface area contributed by atoms with Crippen LogP contribution < -0.4 is 0 Å². The van der Waals surface area contributed by atoms with Crippen molar-refractivity contribution in [2.75, 3.05) is 13.2 Å². The second-order valence-corrected chi connectivity index (χ2v) is 22.0. The van der Waals surface area contributed by atoms with Gasteiger partial charge in [0.2, 0.25) is 0 Å². The lowest BCUT2D eigenvalue weighted by Gasteiger charge is -2.18. The molecule has 0 fully saturated rings. The molecule has 0 saturated carbocycles. The summed E-state index contributed by atoms with van der Waals surface area (Å²) in [5.41, 5.74) is 0. The van der Waals surface area contributed by atoms with E-state index in [1.54, 1.807) is 0 Å². The molecule has 72 heavy (non-hydrogen) atoms. The molecule has 0 aliphatic rings. The SMILES string of the molecule is CCC/C=C\C/C=C\CCCCCCCC(=O)OCC(COC(=O)CCCCCCCCCCCCCCCCCCCCCCC)OC(=O)CCCCCCCCCCCCCCCCCCCCCC. The number of rotatable bonds is 60. The normalized spacial score (nSPS) is 12.1. The molecule has 0 heterocycles. The Morgan fingerprint density at radius 2 is 0.528 bits per heavy atom. The summed E-state index contributed by atoms with van der Waals surface area (Å²) >= 11 is 0. The summed E-state index contributed by atoms with van der Waals surface area (Å²) in [6.07, 6.45) is 73.3. The highest BCUT2D eigenvalue weighted by atomic mass is 16.6. The summed E-state index contributed by atoms with van der Waals surface area (Å²) in [7, 11) is 0. The van der Waals surface area contributed by atoms with Crippen LogP contribution in [0.1, 0.15) is 361 Å². The van der Waals surface area contributed by atoms with Gasteiger partial charge in [0.1, 0.15) is 13.2 Å². The van der Waals surface area contributed by atoms with Crippen LogP contribution in [0.5, 0.6) is 0 Å². The van der Waals surface area contributed by atoms with Crippen LogP contribution in [0.2, 0.25) is 0 Å². The van der Waals surface area contributed by atoms with Crippen molar-refractivity contribution in [2.45, 2.75) is 367 Å². The molecule has 0 radical (unpaired) electrons. The van der Waals surface area contributed by atoms with E-state index in [0.29, 0.717) is 19.3 Å². The zero-order chi connectivity index (χ0) is 52.2. The van der Waals surface area contributed by atoms with E-state index < -0.39 is 6.10 Å². The molecule has 6 heteroatoms. The number of esters is 3. The van der Waals surface area contributed by atoms with Gasteiger partial charge in [0, 0.05) is 19.3 Å². The van der Waals surface area contributed by atoms with E-state index >= 15 is 0 Å². The van der Waals surface area contributed by atoms with E-state index in [-0.39, 0.29) is 31.1 Å². The predicted molar refractivity (Wildman–Crippen MR) is 312 cm³/mol. The molecule has 0 N–H and O–H groups in total. The summed E-state index contributed by atoms with van der Waals surface area (Å²) in [5, 5.41) is 0. The predicted octanol–water partition coefficient (Wildman–Crippen LogP) is 21.8. The number of carbonyl (C=O) groups excluding carboxylic acids is 3. The van der Waals surface area contributed by atoms with Crippen LogP contribution in [0, 0.1) is 0 Å². The standard InChI is InChI=1S/C66H124O6/c1-4-7-10-13-16-19-22-25-27-29-31-33-35-36-38-41-44-47-50-53-56-59-65(68)71-62-63(61-70-64(67)58-55-52-49-46-43-40-24-21-18-15-12-9-6-3)72-66(69)60-57-54-51-48-45-42-39-37-34-32-30-28-26-23-20-17-14-11-8-5-2/h12,15,21,24,63H,4-11,13-14,16-20,22-23,25-62H2,1-3H3/b15-12-,24-21-. The molecule has 424 valence electrons. The van der Waals surface area contributed by atoms with Crippen molar-refractivity contribution in [3.63, 3.8) is 0 Å². The second kappa shape index (κ2) is 61.4. The fourth-order valence-corrected chi connectivity index (χ4v) is 9.84. The van der Waals surface area contributed by atoms with Crippen molar-refractivity contribution in [1.29, 1.82) is 0 Å². The lowest BCUT2D eigenvalue weighted by atomic mass is 10.0. The Kier molecular flexibility index (Phi) is 59.6. The summed E-state index contributed by atoms with van der Waals surface area (Å²) in [6.45, 7) is 6.64. The lowest BCUT2D eigenvalue weighted by molar-refractivity contribution is -0.167. The Balaban J connectivity index is 4.26. The third-order valence-corrected chi connectivity index (χ3v) is 14.7. The van der Waals surface area contributed by atoms with E-state index in [1.807, 2.05) is 0 Å². The Morgan fingerprint density at radius 1 is 0.278 bits per heavy atom. The summed E-state index contributed by atoms with van der Waals surface area (Å²) in [4.78, 5) is 38.3. The summed E-state index contributed by atoms with van der Waals surface area (Å²) in [6, 6.07) is 0. The highest BCUT2D eigenvalue weighted by Crippen LogP contribution is 2.18. The minimum atomic E-state index is -0.773. The maximum absolute atomic E-state index is 12.9. The van der Waals surface area contributed by atoms with Crippen molar-refractivity contribution in [3.05, 3.63) is 24.3 Å². The third-order valence-electron chi connectivity index (χ3n) is 14.7. The fraction of sp³-hybridized carbons (Fsp3) is 0.894. The van der Waals surface area contributed by atoms with Crippen LogP contribution in [-0.2, 0) is 28.6 Å². The first-order chi connectivity index (χ1) is 35.5. The average molecular weight is 1010 g/mol. The molecule has 1 unspecified atom stereocenters. The molecule has 0 aliphatic heterocycles. The third kappa shape index (κ3) is 58.8. The Bertz CT molecular complexity index is 1160. The van der Waals surface area contributed by atoms with Gasteiger partial charge in [0.15, 0.2) is 6.10 Å². The highest BCUT2D eigenvalue weighted by molar-refractivity contribution is 5.71. The van der Waals surface area contributed by atoms with Crippen LogP contribution in [0.4, 0.5) is 0 Å². The summed E-state index contributed by atoms with van der Waals surface area (Å²) in [5.74, 6) is -0.856. The molecule has 6 nitrogen and oxygen atoms in total. The van der Waals surface area contributed by atoms with E-state index in [0.717, 1.165) is 83.5 Å². The first-order valence-electron chi connectivity index (χ1n) is 32.3. The molecular formula is C66H124O6. The van der Waals surface area contributed by atoms with E-state index in [4.69, 9.17) is 14.2 Å². The largest absolute Gasteiger partial charge is 0.462 e. The summed E-state index contributed by atoms with van der Waals surface area (Å²) < 4.78 is 16.9. The van der Waals surface area contributed by atoms with Crippen LogP contribution in [-0.4, -0.2) is 37.2 Å². The van der Waals surface area contributed by atoms with Gasteiger partial charge in [-0.1, -0.05) is 321 Å². The molecule has 0 aromatic heterocycles. The van der Waals surface area contributed by atoms with Gasteiger partial charge in [-0.05, 0) is 44.9 Å². The lowest BCUT2D eigenvalue weighted by Crippen LogP contribution is -2.30. The molecule has 1 atom stereocenters. The van der Waals surface area contributed by atoms with Gasteiger partial charge in [0.25, 0.3) is 0 Å². The van der Waals surface area contributed by atoms with Gasteiger partial charge < -0.3 is 14.2 Å². The molecule has 0 saturated heterocycles. The zero-order valence-corrected chi connectivity index (χ0v) is 48.7. The second-order valence-electron chi connectivity index (χ2n) is 22.0. The topological polar surface area (TPSA) is 78.9 Å². The Labute approximate surface area is 449 Å². The van der Waals surface area contributed by atoms with E-state index in [2.05, 4.69) is 45.1 Å². The van der Waals surface area contributed by atoms with Gasteiger partial charge in [-0.2, -0.15) is 0 Å². The molecule has 0 spiro atoms. The fourth-order valence-electron chi connectivity index (χ4n) is 9.84. The minimum absolute atomic E-state index is 0.0696. The van der Waals surface area contributed by atoms with Crippen LogP contribution in [0.25, 0.3) is 0 Å². The van der Waals surface area contributed by atoms with Crippen molar-refractivity contribution in [3.8, 4) is 0 Å². The molecular weight excluding hydrogens is 889 g/mol. The molecule has 0 aliphatic carbocycles. The number of hydrogen-bond donors (Lipinski definition) is 0. The quantitative estimate of drug-likeness (QED) is 0.0261. The number of hydrogen-bond acceptors (Lipinski definition) is 6. The molecule has 0 rings (SSSR count). The molecule has 0 aromatic carbocycles. The van der Waals surface area contributed by atoms with Crippen molar-refractivity contribution < 1.29 is 28.6 Å². The molecule has 0 aromatic rings. The molecule has 0 bridgehead atoms. The van der Waals surface area contributed by atoms with E-state index in [1.165, 1.54) is 238 Å². The van der Waals surface area contributed by atoms with Gasteiger partial charge in [0.05, 0.1) is 0 Å². The molecule has 0 amide bonds. The maximum Gasteiger partial charge on any atom is 0.306 e. The first-order valence-corrected chi connectivity index (χ1v) is 32.3. The average Bonchev–Trinajstić information content (AvgIpc) is 3.38. The van der Waals surface area contributed by atoms with Gasteiger partial charge in [-0.25, -0.2) is 0 Å². The van der Waals surface area contributed by atoms with Crippen LogP contribution in [0.15, 0.2) is 24.3 Å². The van der Waals surface area contributed by atoms with Crippen molar-refractivity contribution in [2.24, 2.45) is 0 Å². The zero-order valence-electron chi connectivity index (χ0n) is 48.7. The number of carbonyl (C=O) groups is 3. The monoisotopic (exact) mass is 1010 g/mol.